The summed E-state index contributed by atoms with van der Waals surface area (Å²) in [7, 11) is 1.90. The molecule has 0 aliphatic rings. The predicted octanol–water partition coefficient (Wildman–Crippen LogP) is 4.64. The summed E-state index contributed by atoms with van der Waals surface area (Å²) < 4.78 is 14.3. The van der Waals surface area contributed by atoms with Gasteiger partial charge in [0.1, 0.15) is 5.82 Å². The molecule has 0 radical (unpaired) electrons. The molecule has 0 bridgehead atoms. The van der Waals surface area contributed by atoms with E-state index in [0.717, 1.165) is 29.5 Å². The van der Waals surface area contributed by atoms with E-state index in [9.17, 15) is 4.39 Å². The molecule has 1 nitrogen and oxygen atoms in total. The Hall–Kier alpha value is -1.67. The van der Waals surface area contributed by atoms with Gasteiger partial charge in [0, 0.05) is 11.6 Å². The molecule has 21 heavy (non-hydrogen) atoms. The maximum Gasteiger partial charge on any atom is 0.128 e. The predicted molar refractivity (Wildman–Crippen MR) is 87.2 cm³/mol. The smallest absolute Gasteiger partial charge is 0.128 e. The van der Waals surface area contributed by atoms with Gasteiger partial charge in [-0.3, -0.25) is 0 Å². The van der Waals surface area contributed by atoms with Gasteiger partial charge in [-0.15, -0.1) is 0 Å². The number of nitrogens with one attached hydrogen (secondary N) is 1. The molecule has 0 aliphatic heterocycles. The lowest BCUT2D eigenvalue weighted by molar-refractivity contribution is 0.505. The summed E-state index contributed by atoms with van der Waals surface area (Å²) in [5.74, 6) is -0.100. The molecule has 0 spiro atoms. The van der Waals surface area contributed by atoms with Crippen molar-refractivity contribution in [3.63, 3.8) is 0 Å². The number of rotatable bonds is 5. The van der Waals surface area contributed by atoms with E-state index >= 15 is 0 Å². The largest absolute Gasteiger partial charge is 0.313 e. The van der Waals surface area contributed by atoms with E-state index in [0.29, 0.717) is 0 Å². The molecular weight excluding hydrogens is 261 g/mol. The van der Waals surface area contributed by atoms with Crippen LogP contribution < -0.4 is 5.32 Å². The van der Waals surface area contributed by atoms with Gasteiger partial charge in [-0.05, 0) is 69.0 Å². The number of hydrogen-bond acceptors (Lipinski definition) is 1. The lowest BCUT2D eigenvalue weighted by Crippen LogP contribution is -2.20. The summed E-state index contributed by atoms with van der Waals surface area (Å²) in [6.45, 7) is 6.05. The highest BCUT2D eigenvalue weighted by atomic mass is 19.1. The molecule has 1 unspecified atom stereocenters. The van der Waals surface area contributed by atoms with Crippen molar-refractivity contribution in [1.82, 2.24) is 5.32 Å². The topological polar surface area (TPSA) is 12.0 Å². The first-order valence-corrected chi connectivity index (χ1v) is 7.51. The van der Waals surface area contributed by atoms with E-state index in [1.54, 1.807) is 6.07 Å². The average Bonchev–Trinajstić information content (AvgIpc) is 2.43. The number of hydrogen-bond donors (Lipinski definition) is 1. The molecule has 2 rings (SSSR count). The molecule has 112 valence electrons. The Labute approximate surface area is 127 Å². The van der Waals surface area contributed by atoms with Crippen LogP contribution in [0, 0.1) is 26.6 Å². The summed E-state index contributed by atoms with van der Waals surface area (Å²) in [5.41, 5.74) is 5.44. The van der Waals surface area contributed by atoms with E-state index in [1.165, 1.54) is 11.1 Å². The second kappa shape index (κ2) is 6.86. The van der Waals surface area contributed by atoms with Gasteiger partial charge in [-0.25, -0.2) is 4.39 Å². The summed E-state index contributed by atoms with van der Waals surface area (Å²) >= 11 is 0. The molecular formula is C19H24FN. The summed E-state index contributed by atoms with van der Waals surface area (Å²) in [5, 5.41) is 3.27. The SMILES string of the molecule is CNC(CCc1ccccc1C)c1c(C)cc(C)cc1F. The number of halogens is 1. The van der Waals surface area contributed by atoms with Crippen LogP contribution in [-0.2, 0) is 6.42 Å². The maximum absolute atomic E-state index is 14.3. The normalized spacial score (nSPS) is 12.4. The van der Waals surface area contributed by atoms with Crippen molar-refractivity contribution in [2.75, 3.05) is 7.05 Å². The molecule has 2 aromatic rings. The van der Waals surface area contributed by atoms with Crippen LogP contribution in [0.15, 0.2) is 36.4 Å². The molecule has 0 saturated heterocycles. The van der Waals surface area contributed by atoms with Crippen LogP contribution in [0.25, 0.3) is 0 Å². The minimum atomic E-state index is -0.100. The Bertz CT molecular complexity index is 596. The van der Waals surface area contributed by atoms with Gasteiger partial charge in [-0.1, -0.05) is 30.3 Å². The second-order valence-electron chi connectivity index (χ2n) is 5.78. The number of aryl methyl sites for hydroxylation is 4. The van der Waals surface area contributed by atoms with Gasteiger partial charge >= 0.3 is 0 Å². The zero-order valence-electron chi connectivity index (χ0n) is 13.3. The Morgan fingerprint density at radius 1 is 1.05 bits per heavy atom. The molecule has 0 aliphatic carbocycles. The molecule has 0 aromatic heterocycles. The molecule has 1 N–H and O–H groups in total. The quantitative estimate of drug-likeness (QED) is 0.843. The van der Waals surface area contributed by atoms with Crippen molar-refractivity contribution in [2.24, 2.45) is 0 Å². The Morgan fingerprint density at radius 2 is 1.76 bits per heavy atom. The summed E-state index contributed by atoms with van der Waals surface area (Å²) in [4.78, 5) is 0. The Kier molecular flexibility index (Phi) is 5.13. The highest BCUT2D eigenvalue weighted by molar-refractivity contribution is 5.35. The van der Waals surface area contributed by atoms with Crippen molar-refractivity contribution in [3.8, 4) is 0 Å². The van der Waals surface area contributed by atoms with Crippen molar-refractivity contribution in [2.45, 2.75) is 39.7 Å². The molecule has 0 heterocycles. The lowest BCUT2D eigenvalue weighted by atomic mass is 9.93. The van der Waals surface area contributed by atoms with Crippen LogP contribution in [0.2, 0.25) is 0 Å². The van der Waals surface area contributed by atoms with E-state index in [-0.39, 0.29) is 11.9 Å². The first-order valence-electron chi connectivity index (χ1n) is 7.51. The van der Waals surface area contributed by atoms with Crippen molar-refractivity contribution in [3.05, 3.63) is 70.0 Å². The third kappa shape index (κ3) is 3.70. The van der Waals surface area contributed by atoms with Crippen LogP contribution in [0.4, 0.5) is 4.39 Å². The fraction of sp³-hybridized carbons (Fsp3) is 0.368. The van der Waals surface area contributed by atoms with Crippen LogP contribution in [0.3, 0.4) is 0 Å². The van der Waals surface area contributed by atoms with Gasteiger partial charge in [0.25, 0.3) is 0 Å². The molecule has 2 heteroatoms. The molecule has 0 amide bonds. The highest BCUT2D eigenvalue weighted by Gasteiger charge is 2.17. The minimum Gasteiger partial charge on any atom is -0.313 e. The van der Waals surface area contributed by atoms with Gasteiger partial charge < -0.3 is 5.32 Å². The zero-order valence-corrected chi connectivity index (χ0v) is 13.3. The molecule has 2 aromatic carbocycles. The average molecular weight is 285 g/mol. The summed E-state index contributed by atoms with van der Waals surface area (Å²) in [6, 6.07) is 12.1. The van der Waals surface area contributed by atoms with E-state index in [4.69, 9.17) is 0 Å². The van der Waals surface area contributed by atoms with Crippen LogP contribution >= 0.6 is 0 Å². The Balaban J connectivity index is 2.20. The molecule has 0 fully saturated rings. The standard InChI is InChI=1S/C19H24FN/c1-13-11-15(3)19(17(20)12-13)18(21-4)10-9-16-8-6-5-7-14(16)2/h5-8,11-12,18,21H,9-10H2,1-4H3. The molecule has 0 saturated carbocycles. The van der Waals surface area contributed by atoms with Gasteiger partial charge in [0.15, 0.2) is 0 Å². The monoisotopic (exact) mass is 285 g/mol. The fourth-order valence-electron chi connectivity index (χ4n) is 2.99. The summed E-state index contributed by atoms with van der Waals surface area (Å²) in [6.07, 6.45) is 1.84. The van der Waals surface area contributed by atoms with Crippen LogP contribution in [0.1, 0.15) is 40.3 Å². The molecule has 1 atom stereocenters. The minimum absolute atomic E-state index is 0.0465. The van der Waals surface area contributed by atoms with Crippen molar-refractivity contribution >= 4 is 0 Å². The van der Waals surface area contributed by atoms with E-state index < -0.39 is 0 Å². The first-order chi connectivity index (χ1) is 10.0. The maximum atomic E-state index is 14.3. The Morgan fingerprint density at radius 3 is 2.38 bits per heavy atom. The van der Waals surface area contributed by atoms with E-state index in [1.807, 2.05) is 20.9 Å². The van der Waals surface area contributed by atoms with Gasteiger partial charge in [-0.2, -0.15) is 0 Å². The van der Waals surface area contributed by atoms with Crippen molar-refractivity contribution < 1.29 is 4.39 Å². The van der Waals surface area contributed by atoms with Crippen LogP contribution in [-0.4, -0.2) is 7.05 Å². The second-order valence-corrected chi connectivity index (χ2v) is 5.78. The number of benzene rings is 2. The van der Waals surface area contributed by atoms with Gasteiger partial charge in [0.2, 0.25) is 0 Å². The van der Waals surface area contributed by atoms with E-state index in [2.05, 4.69) is 42.6 Å². The lowest BCUT2D eigenvalue weighted by Gasteiger charge is -2.20. The van der Waals surface area contributed by atoms with Gasteiger partial charge in [0.05, 0.1) is 0 Å². The third-order valence-electron chi connectivity index (χ3n) is 4.14. The first kappa shape index (κ1) is 15.7. The van der Waals surface area contributed by atoms with Crippen LogP contribution in [0.5, 0.6) is 0 Å². The van der Waals surface area contributed by atoms with Crippen molar-refractivity contribution in [1.29, 1.82) is 0 Å². The zero-order chi connectivity index (χ0) is 15.4. The highest BCUT2D eigenvalue weighted by Crippen LogP contribution is 2.26. The fourth-order valence-corrected chi connectivity index (χ4v) is 2.99. The third-order valence-corrected chi connectivity index (χ3v) is 4.14.